The zero-order chi connectivity index (χ0) is 25.9. The summed E-state index contributed by atoms with van der Waals surface area (Å²) >= 11 is 0. The van der Waals surface area contributed by atoms with Crippen LogP contribution in [0, 0.1) is 0 Å². The van der Waals surface area contributed by atoms with Crippen LogP contribution in [0.15, 0.2) is 77.9 Å². The second-order valence-corrected chi connectivity index (χ2v) is 13.4. The predicted octanol–water partition coefficient (Wildman–Crippen LogP) is 2.07. The van der Waals surface area contributed by atoms with Crippen molar-refractivity contribution in [1.82, 2.24) is 19.1 Å². The highest BCUT2D eigenvalue weighted by atomic mass is 32.2. The van der Waals surface area contributed by atoms with E-state index in [1.54, 1.807) is 48.4 Å². The fraction of sp³-hybridized carbons (Fsp3) is 0.280. The maximum Gasteiger partial charge on any atom is 0.250 e. The Morgan fingerprint density at radius 3 is 2.43 bits per heavy atom. The normalized spacial score (nSPS) is 21.5. The molecule has 12 heteroatoms. The predicted molar refractivity (Wildman–Crippen MR) is 141 cm³/mol. The molecule has 6 rings (SSSR count). The molecule has 1 saturated carbocycles. The van der Waals surface area contributed by atoms with Crippen LogP contribution in [0.5, 0.6) is 0 Å². The van der Waals surface area contributed by atoms with Crippen LogP contribution in [-0.4, -0.2) is 48.2 Å². The van der Waals surface area contributed by atoms with Crippen molar-refractivity contribution < 1.29 is 16.8 Å². The van der Waals surface area contributed by atoms with Crippen LogP contribution in [0.1, 0.15) is 24.4 Å². The molecule has 3 heterocycles. The molecule has 2 aromatic carbocycles. The summed E-state index contributed by atoms with van der Waals surface area (Å²) in [6.45, 7) is 0. The van der Waals surface area contributed by atoms with Crippen LogP contribution in [0.2, 0.25) is 0 Å². The summed E-state index contributed by atoms with van der Waals surface area (Å²) in [6.07, 6.45) is 4.49. The fourth-order valence-corrected chi connectivity index (χ4v) is 8.54. The fourth-order valence-electron chi connectivity index (χ4n) is 4.93. The molecule has 0 bridgehead atoms. The first-order valence-electron chi connectivity index (χ1n) is 11.9. The van der Waals surface area contributed by atoms with Gasteiger partial charge in [0.15, 0.2) is 0 Å². The quantitative estimate of drug-likeness (QED) is 0.400. The van der Waals surface area contributed by atoms with Gasteiger partial charge in [-0.3, -0.25) is 9.10 Å². The van der Waals surface area contributed by atoms with Crippen molar-refractivity contribution in [3.05, 3.63) is 89.0 Å². The Balaban J connectivity index is 1.43. The van der Waals surface area contributed by atoms with Gasteiger partial charge in [0.1, 0.15) is 0 Å². The van der Waals surface area contributed by atoms with Gasteiger partial charge in [0.25, 0.3) is 0 Å². The molecule has 1 unspecified atom stereocenters. The van der Waals surface area contributed by atoms with Crippen LogP contribution in [0.25, 0.3) is 16.6 Å². The minimum Gasteiger partial charge on any atom is -0.316 e. The zero-order valence-electron chi connectivity index (χ0n) is 19.9. The monoisotopic (exact) mass is 539 g/mol. The molecule has 1 aliphatic heterocycles. The molecular formula is C25H25N5O5S2. The molecule has 1 saturated heterocycles. The molecule has 1 N–H and O–H groups in total. The van der Waals surface area contributed by atoms with Gasteiger partial charge >= 0.3 is 0 Å². The number of rotatable bonds is 6. The molecule has 1 aliphatic carbocycles. The lowest BCUT2D eigenvalue weighted by Gasteiger charge is -2.29. The van der Waals surface area contributed by atoms with Crippen LogP contribution >= 0.6 is 0 Å². The number of aromatic nitrogens is 3. The molecule has 0 spiro atoms. The van der Waals surface area contributed by atoms with E-state index in [9.17, 15) is 21.6 Å². The third kappa shape index (κ3) is 4.24. The second kappa shape index (κ2) is 8.54. The highest BCUT2D eigenvalue weighted by Crippen LogP contribution is 2.41. The van der Waals surface area contributed by atoms with Gasteiger partial charge in [-0.15, -0.1) is 0 Å². The van der Waals surface area contributed by atoms with Crippen LogP contribution in [-0.2, 0) is 27.1 Å². The summed E-state index contributed by atoms with van der Waals surface area (Å²) in [4.78, 5) is 11.8. The molecule has 2 atom stereocenters. The zero-order valence-corrected chi connectivity index (χ0v) is 21.6. The average Bonchev–Trinajstić information content (AvgIpc) is 3.59. The van der Waals surface area contributed by atoms with Gasteiger partial charge in [-0.05, 0) is 42.7 Å². The Bertz CT molecular complexity index is 1780. The number of sulfonamides is 2. The van der Waals surface area contributed by atoms with E-state index in [1.807, 2.05) is 30.3 Å². The topological polar surface area (TPSA) is 123 Å². The number of hydrogen-bond donors (Lipinski definition) is 1. The molecule has 2 aromatic heterocycles. The van der Waals surface area contributed by atoms with Gasteiger partial charge in [-0.2, -0.15) is 5.10 Å². The van der Waals surface area contributed by atoms with Crippen molar-refractivity contribution in [1.29, 1.82) is 0 Å². The number of aryl methyl sites for hydroxylation is 1. The SMILES string of the molecule is Cn1cc(-n2ncc3cc(N4[C@H](c5ccccc5)C(NS(=O)(=O)C5CC5)CS4(=O)=O)ccc32)ccc1=O. The Labute approximate surface area is 214 Å². The lowest BCUT2D eigenvalue weighted by molar-refractivity contribution is 0.535. The number of benzene rings is 2. The van der Waals surface area contributed by atoms with E-state index in [0.717, 1.165) is 5.52 Å². The van der Waals surface area contributed by atoms with Crippen molar-refractivity contribution in [2.45, 2.75) is 30.2 Å². The summed E-state index contributed by atoms with van der Waals surface area (Å²) in [6, 6.07) is 15.9. The molecule has 0 radical (unpaired) electrons. The first kappa shape index (κ1) is 23.9. The summed E-state index contributed by atoms with van der Waals surface area (Å²) in [7, 11) is -5.80. The maximum atomic E-state index is 13.5. The number of nitrogens with zero attached hydrogens (tertiary/aromatic N) is 4. The average molecular weight is 540 g/mol. The summed E-state index contributed by atoms with van der Waals surface area (Å²) < 4.78 is 59.7. The Kier molecular flexibility index (Phi) is 5.51. The molecule has 4 aromatic rings. The van der Waals surface area contributed by atoms with Gasteiger partial charge in [0.2, 0.25) is 25.6 Å². The molecular weight excluding hydrogens is 514 g/mol. The Morgan fingerprint density at radius 1 is 1.00 bits per heavy atom. The summed E-state index contributed by atoms with van der Waals surface area (Å²) in [5.41, 5.74) is 2.42. The van der Waals surface area contributed by atoms with Gasteiger partial charge in [0.05, 0.1) is 46.2 Å². The first-order valence-corrected chi connectivity index (χ1v) is 15.0. The Morgan fingerprint density at radius 2 is 1.73 bits per heavy atom. The van der Waals surface area contributed by atoms with Crippen molar-refractivity contribution in [2.75, 3.05) is 10.1 Å². The highest BCUT2D eigenvalue weighted by molar-refractivity contribution is 7.93. The van der Waals surface area contributed by atoms with Gasteiger partial charge in [-0.1, -0.05) is 30.3 Å². The van der Waals surface area contributed by atoms with Gasteiger partial charge in [-0.25, -0.2) is 26.2 Å². The van der Waals surface area contributed by atoms with Crippen molar-refractivity contribution in [2.24, 2.45) is 7.05 Å². The minimum absolute atomic E-state index is 0.138. The second-order valence-electron chi connectivity index (χ2n) is 9.53. The third-order valence-electron chi connectivity index (χ3n) is 6.86. The molecule has 0 amide bonds. The van der Waals surface area contributed by atoms with E-state index in [2.05, 4.69) is 9.82 Å². The van der Waals surface area contributed by atoms with E-state index in [0.29, 0.717) is 35.2 Å². The molecule has 2 fully saturated rings. The lowest BCUT2D eigenvalue weighted by Crippen LogP contribution is -2.42. The maximum absolute atomic E-state index is 13.5. The number of anilines is 1. The molecule has 192 valence electrons. The number of fused-ring (bicyclic) bond motifs is 1. The number of nitrogens with one attached hydrogen (secondary N) is 1. The standard InChI is InChI=1S/C25H25N5O5S2/c1-28-15-20(8-12-24(28)31)29-23-11-7-19(13-18(23)14-26-29)30-25(17-5-3-2-4-6-17)22(16-36(30,32)33)27-37(34,35)21-9-10-21/h2-8,11-15,21-22,25,27H,9-10,16H2,1H3/t22?,25-/m1/s1. The number of pyridine rings is 1. The van der Waals surface area contributed by atoms with Crippen LogP contribution in [0.3, 0.4) is 0 Å². The van der Waals surface area contributed by atoms with E-state index in [1.165, 1.54) is 14.9 Å². The molecule has 10 nitrogen and oxygen atoms in total. The van der Waals surface area contributed by atoms with E-state index in [-0.39, 0.29) is 11.3 Å². The molecule has 2 aliphatic rings. The first-order chi connectivity index (χ1) is 17.6. The van der Waals surface area contributed by atoms with Crippen molar-refractivity contribution in [3.8, 4) is 5.69 Å². The van der Waals surface area contributed by atoms with Crippen molar-refractivity contribution in [3.63, 3.8) is 0 Å². The van der Waals surface area contributed by atoms with Crippen molar-refractivity contribution >= 4 is 36.6 Å². The lowest BCUT2D eigenvalue weighted by atomic mass is 10.0. The van der Waals surface area contributed by atoms with E-state index in [4.69, 9.17) is 0 Å². The smallest absolute Gasteiger partial charge is 0.250 e. The molecule has 37 heavy (non-hydrogen) atoms. The van der Waals surface area contributed by atoms with Gasteiger partial charge < -0.3 is 4.57 Å². The van der Waals surface area contributed by atoms with Crippen LogP contribution in [0.4, 0.5) is 5.69 Å². The summed E-state index contributed by atoms with van der Waals surface area (Å²) in [5, 5.41) is 4.70. The van der Waals surface area contributed by atoms with E-state index < -0.39 is 37.4 Å². The van der Waals surface area contributed by atoms with E-state index >= 15 is 0 Å². The Hall–Kier alpha value is -3.48. The van der Waals surface area contributed by atoms with Crippen LogP contribution < -0.4 is 14.6 Å². The third-order valence-corrected chi connectivity index (χ3v) is 10.7. The number of hydrogen-bond acceptors (Lipinski definition) is 6. The van der Waals surface area contributed by atoms with Gasteiger partial charge in [0, 0.05) is 24.7 Å². The highest BCUT2D eigenvalue weighted by Gasteiger charge is 2.49. The largest absolute Gasteiger partial charge is 0.316 e. The summed E-state index contributed by atoms with van der Waals surface area (Å²) in [5.74, 6) is -0.339. The minimum atomic E-state index is -3.85.